The molecular weight excluding hydrogens is 513 g/mol. The summed E-state index contributed by atoms with van der Waals surface area (Å²) in [5, 5.41) is 8.79. The summed E-state index contributed by atoms with van der Waals surface area (Å²) in [6.45, 7) is 5.12. The number of aromatic nitrogens is 4. The van der Waals surface area contributed by atoms with Crippen LogP contribution in [0.3, 0.4) is 0 Å². The summed E-state index contributed by atoms with van der Waals surface area (Å²) >= 11 is 3.62. The molecule has 2 aromatic heterocycles. The van der Waals surface area contributed by atoms with E-state index in [1.165, 1.54) is 12.1 Å². The van der Waals surface area contributed by atoms with Crippen LogP contribution in [0.4, 0.5) is 10.2 Å². The summed E-state index contributed by atoms with van der Waals surface area (Å²) in [5.74, 6) is 0.221. The summed E-state index contributed by atoms with van der Waals surface area (Å²) in [5.41, 5.74) is 9.27. The number of carbonyl (C=O) groups is 1. The summed E-state index contributed by atoms with van der Waals surface area (Å²) < 4.78 is 16.0. The minimum atomic E-state index is -0.316. The molecule has 1 aromatic carbocycles. The van der Waals surface area contributed by atoms with E-state index < -0.39 is 0 Å². The first-order valence-electron chi connectivity index (χ1n) is 11.5. The lowest BCUT2D eigenvalue weighted by Crippen LogP contribution is -2.44. The average Bonchev–Trinajstić information content (AvgIpc) is 2.89. The fourth-order valence-corrected chi connectivity index (χ4v) is 4.92. The van der Waals surface area contributed by atoms with Gasteiger partial charge in [-0.05, 0) is 60.0 Å². The van der Waals surface area contributed by atoms with Crippen molar-refractivity contribution in [2.75, 3.05) is 18.8 Å². The highest BCUT2D eigenvalue weighted by molar-refractivity contribution is 9.10. The quantitative estimate of drug-likeness (QED) is 0.510. The van der Waals surface area contributed by atoms with Crippen LogP contribution in [-0.4, -0.2) is 49.7 Å². The maximum absolute atomic E-state index is 13.8. The minimum Gasteiger partial charge on any atom is -0.383 e. The van der Waals surface area contributed by atoms with Crippen molar-refractivity contribution in [1.82, 2.24) is 30.0 Å². The first-order chi connectivity index (χ1) is 16.7. The molecule has 1 unspecified atom stereocenters. The van der Waals surface area contributed by atoms with Crippen molar-refractivity contribution >= 4 is 38.6 Å². The topological polar surface area (TPSA) is 102 Å². The maximum atomic E-state index is 13.8. The summed E-state index contributed by atoms with van der Waals surface area (Å²) in [7, 11) is 1.76. The van der Waals surface area contributed by atoms with Crippen LogP contribution in [0.15, 0.2) is 47.3 Å². The third-order valence-electron chi connectivity index (χ3n) is 6.32. The van der Waals surface area contributed by atoms with Gasteiger partial charge in [-0.3, -0.25) is 19.4 Å². The number of benzene rings is 1. The van der Waals surface area contributed by atoms with Crippen molar-refractivity contribution in [3.05, 3.63) is 58.8 Å². The Kier molecular flexibility index (Phi) is 7.61. The molecule has 0 spiro atoms. The minimum absolute atomic E-state index is 0.113. The molecular formula is C25H29BrFN7O. The molecule has 3 N–H and O–H groups in total. The number of halogens is 2. The number of pyridine rings is 1. The van der Waals surface area contributed by atoms with Crippen LogP contribution in [0.25, 0.3) is 22.0 Å². The Labute approximate surface area is 212 Å². The van der Waals surface area contributed by atoms with Crippen LogP contribution in [0, 0.1) is 5.82 Å². The van der Waals surface area contributed by atoms with Gasteiger partial charge in [0.25, 0.3) is 0 Å². The lowest BCUT2D eigenvalue weighted by atomic mass is 10.0. The van der Waals surface area contributed by atoms with E-state index >= 15 is 0 Å². The number of hydrogen-bond donors (Lipinski definition) is 2. The number of nitrogens with zero attached hydrogens (tertiary/aromatic N) is 5. The number of anilines is 1. The third kappa shape index (κ3) is 5.76. The number of piperidine rings is 1. The molecule has 1 saturated heterocycles. The Hall–Kier alpha value is -3.11. The first kappa shape index (κ1) is 25.0. The number of rotatable bonds is 4. The zero-order valence-electron chi connectivity index (χ0n) is 20.0. The predicted octanol–water partition coefficient (Wildman–Crippen LogP) is 4.30. The van der Waals surface area contributed by atoms with E-state index in [-0.39, 0.29) is 23.8 Å². The SMILES string of the molecule is CC(=O)N1CCC(NC(C)c2ncc(-c3cnc4ccc(F)cc4c3)cnn(C)c(N)c2Br)CC1. The normalized spacial score (nSPS) is 15.2. The largest absolute Gasteiger partial charge is 0.383 e. The Morgan fingerprint density at radius 1 is 1.17 bits per heavy atom. The lowest BCUT2D eigenvalue weighted by molar-refractivity contribution is -0.129. The van der Waals surface area contributed by atoms with Crippen LogP contribution < -0.4 is 11.1 Å². The van der Waals surface area contributed by atoms with E-state index in [9.17, 15) is 9.18 Å². The molecule has 1 atom stereocenters. The van der Waals surface area contributed by atoms with Gasteiger partial charge in [0.15, 0.2) is 0 Å². The number of nitrogens with one attached hydrogen (secondary N) is 1. The molecule has 8 nitrogen and oxygen atoms in total. The second kappa shape index (κ2) is 10.7. The summed E-state index contributed by atoms with van der Waals surface area (Å²) in [4.78, 5) is 22.8. The number of likely N-dealkylation sites (tertiary alicyclic amines) is 1. The molecule has 4 rings (SSSR count). The molecule has 10 heteroatoms. The second-order valence-corrected chi connectivity index (χ2v) is 9.59. The van der Waals surface area contributed by atoms with Gasteiger partial charge in [0, 0.05) is 68.1 Å². The smallest absolute Gasteiger partial charge is 0.219 e. The molecule has 0 aliphatic carbocycles. The highest BCUT2D eigenvalue weighted by atomic mass is 79.9. The number of carbonyl (C=O) groups excluding carboxylic acids is 1. The monoisotopic (exact) mass is 541 g/mol. The fraction of sp³-hybridized carbons (Fsp3) is 0.360. The van der Waals surface area contributed by atoms with Crippen molar-refractivity contribution < 1.29 is 9.18 Å². The average molecular weight is 542 g/mol. The molecule has 184 valence electrons. The zero-order chi connectivity index (χ0) is 25.1. The van der Waals surface area contributed by atoms with E-state index in [2.05, 4.69) is 31.3 Å². The Bertz CT molecular complexity index is 1300. The molecule has 1 aliphatic rings. The van der Waals surface area contributed by atoms with Crippen LogP contribution >= 0.6 is 15.9 Å². The van der Waals surface area contributed by atoms with E-state index in [4.69, 9.17) is 10.7 Å². The van der Waals surface area contributed by atoms with Gasteiger partial charge < -0.3 is 16.0 Å². The second-order valence-electron chi connectivity index (χ2n) is 8.80. The third-order valence-corrected chi connectivity index (χ3v) is 7.14. The molecule has 0 radical (unpaired) electrons. The molecule has 1 fully saturated rings. The van der Waals surface area contributed by atoms with E-state index in [1.54, 1.807) is 43.3 Å². The molecule has 1 aliphatic heterocycles. The molecule has 3 heterocycles. The number of hydrogen-bond acceptors (Lipinski definition) is 6. The first-order valence-corrected chi connectivity index (χ1v) is 12.3. The van der Waals surface area contributed by atoms with Crippen molar-refractivity contribution in [1.29, 1.82) is 0 Å². The molecule has 0 bridgehead atoms. The lowest BCUT2D eigenvalue weighted by Gasteiger charge is -2.33. The highest BCUT2D eigenvalue weighted by Crippen LogP contribution is 2.27. The van der Waals surface area contributed by atoms with Crippen molar-refractivity contribution in [3.63, 3.8) is 0 Å². The van der Waals surface area contributed by atoms with Crippen LogP contribution in [0.2, 0.25) is 0 Å². The van der Waals surface area contributed by atoms with Crippen molar-refractivity contribution in [3.8, 4) is 11.1 Å². The van der Waals surface area contributed by atoms with Crippen molar-refractivity contribution in [2.24, 2.45) is 7.05 Å². The molecule has 0 saturated carbocycles. The van der Waals surface area contributed by atoms with Gasteiger partial charge in [-0.2, -0.15) is 5.10 Å². The maximum Gasteiger partial charge on any atom is 0.219 e. The Morgan fingerprint density at radius 3 is 2.60 bits per heavy atom. The Morgan fingerprint density at radius 2 is 1.89 bits per heavy atom. The van der Waals surface area contributed by atoms with Crippen LogP contribution in [-0.2, 0) is 11.8 Å². The van der Waals surface area contributed by atoms with Crippen LogP contribution in [0.5, 0.6) is 0 Å². The standard InChI is InChI=1S/C25H29BrFN7O/c1-15(32-21-6-8-34(9-7-21)16(2)35)24-23(26)25(28)33(3)31-14-19(13-30-24)18-10-17-11-20(27)4-5-22(17)29-12-18/h4-5,10-15,21,32H,6-9,28H2,1-3H3. The molecule has 3 aromatic rings. The number of fused-ring (bicyclic) bond motifs is 1. The number of amides is 1. The van der Waals surface area contributed by atoms with Gasteiger partial charge in [-0.25, -0.2) is 4.39 Å². The van der Waals surface area contributed by atoms with E-state index in [0.717, 1.165) is 37.2 Å². The van der Waals surface area contributed by atoms with Crippen LogP contribution in [0.1, 0.15) is 38.4 Å². The number of nitrogen functional groups attached to an aromatic ring is 1. The van der Waals surface area contributed by atoms with Gasteiger partial charge in [-0.15, -0.1) is 0 Å². The van der Waals surface area contributed by atoms with Gasteiger partial charge in [0.05, 0.1) is 21.9 Å². The van der Waals surface area contributed by atoms with E-state index in [1.807, 2.05) is 17.9 Å². The molecule has 35 heavy (non-hydrogen) atoms. The zero-order valence-corrected chi connectivity index (χ0v) is 21.6. The molecule has 1 amide bonds. The predicted molar refractivity (Wildman–Crippen MR) is 138 cm³/mol. The van der Waals surface area contributed by atoms with Gasteiger partial charge in [0.1, 0.15) is 11.6 Å². The highest BCUT2D eigenvalue weighted by Gasteiger charge is 2.23. The fourth-order valence-electron chi connectivity index (χ4n) is 4.22. The van der Waals surface area contributed by atoms with Gasteiger partial charge in [-0.1, -0.05) is 0 Å². The van der Waals surface area contributed by atoms with Gasteiger partial charge >= 0.3 is 0 Å². The van der Waals surface area contributed by atoms with Gasteiger partial charge in [0.2, 0.25) is 5.91 Å². The summed E-state index contributed by atoms with van der Waals surface area (Å²) in [6.07, 6.45) is 6.86. The number of aryl methyl sites for hydroxylation is 1. The number of nitrogens with two attached hydrogens (primary N) is 1. The van der Waals surface area contributed by atoms with Crippen molar-refractivity contribution in [2.45, 2.75) is 38.8 Å². The summed E-state index contributed by atoms with van der Waals surface area (Å²) in [6, 6.07) is 6.51. The van der Waals surface area contributed by atoms with E-state index in [0.29, 0.717) is 26.8 Å². The Balaban J connectivity index is 1.69.